The summed E-state index contributed by atoms with van der Waals surface area (Å²) in [4.78, 5) is 4.24. The predicted molar refractivity (Wildman–Crippen MR) is 64.0 cm³/mol. The molecular weight excluding hydrogens is 232 g/mol. The van der Waals surface area contributed by atoms with Crippen molar-refractivity contribution in [2.24, 2.45) is 5.73 Å². The van der Waals surface area contributed by atoms with Crippen LogP contribution >= 0.6 is 24.2 Å². The van der Waals surface area contributed by atoms with E-state index < -0.39 is 0 Å². The normalized spacial score (nSPS) is 8.73. The van der Waals surface area contributed by atoms with Crippen molar-refractivity contribution in [2.45, 2.75) is 12.2 Å². The second-order valence-corrected chi connectivity index (χ2v) is 3.63. The van der Waals surface area contributed by atoms with E-state index in [1.807, 2.05) is 24.3 Å². The summed E-state index contributed by atoms with van der Waals surface area (Å²) in [6, 6.07) is 7.57. The minimum Gasteiger partial charge on any atom is -0.379 e. The molecule has 0 unspecified atom stereocenters. The van der Waals surface area contributed by atoms with Gasteiger partial charge in [-0.2, -0.15) is 5.26 Å². The molecule has 80 valence electrons. The van der Waals surface area contributed by atoms with Crippen molar-refractivity contribution in [1.29, 1.82) is 10.7 Å². The molecule has 4 nitrogen and oxygen atoms in total. The lowest BCUT2D eigenvalue weighted by molar-refractivity contribution is 1.06. The fraction of sp³-hybridized carbons (Fsp3) is 0.222. The molecule has 15 heavy (non-hydrogen) atoms. The standard InChI is InChI=1S/C9H10N4S.ClH/c10-5-4-7-2-1-3-8(13-7)6-14-9(11)12;/h1-3H,4,6H2,(H3,11,12);1H. The maximum Gasteiger partial charge on any atom is 0.151 e. The molecule has 0 aliphatic carbocycles. The van der Waals surface area contributed by atoms with E-state index >= 15 is 0 Å². The van der Waals surface area contributed by atoms with Crippen molar-refractivity contribution in [3.63, 3.8) is 0 Å². The van der Waals surface area contributed by atoms with Crippen LogP contribution in [0.2, 0.25) is 0 Å². The molecule has 0 saturated carbocycles. The van der Waals surface area contributed by atoms with Gasteiger partial charge in [0.1, 0.15) is 0 Å². The number of pyridine rings is 1. The van der Waals surface area contributed by atoms with Gasteiger partial charge >= 0.3 is 0 Å². The van der Waals surface area contributed by atoms with Gasteiger partial charge in [0.2, 0.25) is 0 Å². The van der Waals surface area contributed by atoms with Crippen molar-refractivity contribution in [3.05, 3.63) is 29.6 Å². The van der Waals surface area contributed by atoms with E-state index in [9.17, 15) is 0 Å². The van der Waals surface area contributed by atoms with Gasteiger partial charge in [0, 0.05) is 5.75 Å². The number of thioether (sulfide) groups is 1. The summed E-state index contributed by atoms with van der Waals surface area (Å²) in [5.74, 6) is 0.578. The van der Waals surface area contributed by atoms with Crippen LogP contribution in [0.15, 0.2) is 18.2 Å². The number of aromatic nitrogens is 1. The van der Waals surface area contributed by atoms with Gasteiger partial charge in [0.15, 0.2) is 5.17 Å². The van der Waals surface area contributed by atoms with Crippen LogP contribution in [0, 0.1) is 16.7 Å². The lowest BCUT2D eigenvalue weighted by Crippen LogP contribution is -2.04. The highest BCUT2D eigenvalue weighted by Crippen LogP contribution is 2.09. The van der Waals surface area contributed by atoms with Gasteiger partial charge in [0.25, 0.3) is 0 Å². The molecule has 1 rings (SSSR count). The molecule has 0 saturated heterocycles. The topological polar surface area (TPSA) is 86.5 Å². The Bertz CT molecular complexity index is 375. The third kappa shape index (κ3) is 5.25. The van der Waals surface area contributed by atoms with Crippen LogP contribution in [0.3, 0.4) is 0 Å². The van der Waals surface area contributed by atoms with Gasteiger partial charge in [-0.1, -0.05) is 17.8 Å². The van der Waals surface area contributed by atoms with E-state index in [1.54, 1.807) is 0 Å². The SMILES string of the molecule is Cl.N#CCc1cccc(CSC(=N)N)n1. The van der Waals surface area contributed by atoms with Crippen LogP contribution in [0.4, 0.5) is 0 Å². The fourth-order valence-electron chi connectivity index (χ4n) is 0.941. The van der Waals surface area contributed by atoms with Crippen LogP contribution < -0.4 is 5.73 Å². The molecular formula is C9H11ClN4S. The first-order valence-electron chi connectivity index (χ1n) is 4.01. The lowest BCUT2D eigenvalue weighted by Gasteiger charge is -2.00. The van der Waals surface area contributed by atoms with Gasteiger partial charge in [-0.05, 0) is 12.1 Å². The van der Waals surface area contributed by atoms with E-state index in [0.29, 0.717) is 12.2 Å². The number of nitrogens with one attached hydrogen (secondary N) is 1. The van der Waals surface area contributed by atoms with Crippen molar-refractivity contribution in [2.75, 3.05) is 0 Å². The highest BCUT2D eigenvalue weighted by atomic mass is 35.5. The summed E-state index contributed by atoms with van der Waals surface area (Å²) in [6.45, 7) is 0. The number of nitrogens with zero attached hydrogens (tertiary/aromatic N) is 2. The second kappa shape index (κ2) is 7.10. The molecule has 3 N–H and O–H groups in total. The van der Waals surface area contributed by atoms with Crippen LogP contribution in [0.5, 0.6) is 0 Å². The van der Waals surface area contributed by atoms with E-state index in [1.165, 1.54) is 11.8 Å². The summed E-state index contributed by atoms with van der Waals surface area (Å²) in [5.41, 5.74) is 6.81. The van der Waals surface area contributed by atoms with E-state index in [2.05, 4.69) is 4.98 Å². The smallest absolute Gasteiger partial charge is 0.151 e. The molecule has 6 heteroatoms. The molecule has 1 aromatic rings. The Morgan fingerprint density at radius 3 is 2.80 bits per heavy atom. The maximum absolute atomic E-state index is 8.48. The van der Waals surface area contributed by atoms with Crippen LogP contribution in [-0.2, 0) is 12.2 Å². The first-order valence-corrected chi connectivity index (χ1v) is 4.99. The molecule has 0 aliphatic rings. The number of nitriles is 1. The van der Waals surface area contributed by atoms with Gasteiger partial charge in [-0.3, -0.25) is 10.4 Å². The lowest BCUT2D eigenvalue weighted by atomic mass is 10.2. The highest BCUT2D eigenvalue weighted by Gasteiger charge is 1.98. The quantitative estimate of drug-likeness (QED) is 0.624. The first kappa shape index (κ1) is 13.8. The van der Waals surface area contributed by atoms with Gasteiger partial charge in [-0.15, -0.1) is 12.4 Å². The molecule has 0 bridgehead atoms. The molecule has 0 aromatic carbocycles. The van der Waals surface area contributed by atoms with Crippen LogP contribution in [0.1, 0.15) is 11.4 Å². The molecule has 0 aliphatic heterocycles. The Hall–Kier alpha value is -1.25. The number of amidine groups is 1. The highest BCUT2D eigenvalue weighted by molar-refractivity contribution is 8.13. The van der Waals surface area contributed by atoms with Crippen molar-refractivity contribution in [1.82, 2.24) is 4.98 Å². The summed E-state index contributed by atoms with van der Waals surface area (Å²) >= 11 is 1.23. The van der Waals surface area contributed by atoms with Gasteiger partial charge in [-0.25, -0.2) is 0 Å². The van der Waals surface area contributed by atoms with E-state index in [4.69, 9.17) is 16.4 Å². The summed E-state index contributed by atoms with van der Waals surface area (Å²) < 4.78 is 0. The molecule has 0 spiro atoms. The largest absolute Gasteiger partial charge is 0.379 e. The Balaban J connectivity index is 0.00000196. The predicted octanol–water partition coefficient (Wildman–Crippen LogP) is 1.70. The Kier molecular flexibility index (Phi) is 6.50. The average molecular weight is 243 g/mol. The van der Waals surface area contributed by atoms with E-state index in [0.717, 1.165) is 11.4 Å². The van der Waals surface area contributed by atoms with Crippen LogP contribution in [0.25, 0.3) is 0 Å². The molecule has 0 fully saturated rings. The molecule has 0 amide bonds. The van der Waals surface area contributed by atoms with Gasteiger partial charge < -0.3 is 5.73 Å². The number of rotatable bonds is 3. The Morgan fingerprint density at radius 1 is 1.53 bits per heavy atom. The van der Waals surface area contributed by atoms with E-state index in [-0.39, 0.29) is 17.6 Å². The third-order valence-corrected chi connectivity index (χ3v) is 2.25. The molecule has 0 radical (unpaired) electrons. The minimum atomic E-state index is 0. The number of hydrogen-bond donors (Lipinski definition) is 2. The van der Waals surface area contributed by atoms with Crippen molar-refractivity contribution < 1.29 is 0 Å². The summed E-state index contributed by atoms with van der Waals surface area (Å²) in [6.07, 6.45) is 0.318. The van der Waals surface area contributed by atoms with Gasteiger partial charge in [0.05, 0.1) is 23.9 Å². The zero-order chi connectivity index (χ0) is 10.4. The number of nitrogens with two attached hydrogens (primary N) is 1. The molecule has 1 aromatic heterocycles. The third-order valence-electron chi connectivity index (χ3n) is 1.50. The average Bonchev–Trinajstić information content (AvgIpc) is 2.16. The summed E-state index contributed by atoms with van der Waals surface area (Å²) in [7, 11) is 0. The van der Waals surface area contributed by atoms with Crippen molar-refractivity contribution in [3.8, 4) is 6.07 Å². The molecule has 1 heterocycles. The Labute approximate surface area is 98.8 Å². The second-order valence-electron chi connectivity index (χ2n) is 2.61. The number of halogens is 1. The van der Waals surface area contributed by atoms with Crippen LogP contribution in [-0.4, -0.2) is 10.2 Å². The maximum atomic E-state index is 8.48. The summed E-state index contributed by atoms with van der Waals surface area (Å²) in [5, 5.41) is 15.6. The monoisotopic (exact) mass is 242 g/mol. The Morgan fingerprint density at radius 2 is 2.20 bits per heavy atom. The fourth-order valence-corrected chi connectivity index (χ4v) is 1.40. The first-order chi connectivity index (χ1) is 6.72. The van der Waals surface area contributed by atoms with Crippen molar-refractivity contribution >= 4 is 29.3 Å². The zero-order valence-corrected chi connectivity index (χ0v) is 9.57. The molecule has 0 atom stereocenters. The minimum absolute atomic E-state index is 0. The number of hydrogen-bond acceptors (Lipinski definition) is 4. The zero-order valence-electron chi connectivity index (χ0n) is 7.93.